The van der Waals surface area contributed by atoms with Gasteiger partial charge in [-0.3, -0.25) is 4.68 Å². The minimum atomic E-state index is 0.512. The molecule has 0 bridgehead atoms. The van der Waals surface area contributed by atoms with E-state index >= 15 is 0 Å². The highest BCUT2D eigenvalue weighted by molar-refractivity contribution is 9.10. The van der Waals surface area contributed by atoms with Gasteiger partial charge in [0.2, 0.25) is 0 Å². The van der Waals surface area contributed by atoms with Crippen molar-refractivity contribution in [3.8, 4) is 5.75 Å². The van der Waals surface area contributed by atoms with Gasteiger partial charge in [0.15, 0.2) is 0 Å². The van der Waals surface area contributed by atoms with E-state index in [1.165, 1.54) is 5.56 Å². The molecule has 21 heavy (non-hydrogen) atoms. The second-order valence-corrected chi connectivity index (χ2v) is 5.64. The summed E-state index contributed by atoms with van der Waals surface area (Å²) in [7, 11) is 0. The van der Waals surface area contributed by atoms with Crippen molar-refractivity contribution in [3.63, 3.8) is 0 Å². The lowest BCUT2D eigenvalue weighted by Gasteiger charge is -2.09. The van der Waals surface area contributed by atoms with Crippen LogP contribution in [0, 0.1) is 0 Å². The van der Waals surface area contributed by atoms with E-state index in [-0.39, 0.29) is 0 Å². The number of hydrogen-bond acceptors (Lipinski definition) is 3. The molecule has 0 radical (unpaired) electrons. The molecule has 1 aromatic heterocycles. The largest absolute Gasteiger partial charge is 0.487 e. The molecule has 1 heterocycles. The van der Waals surface area contributed by atoms with E-state index in [1.807, 2.05) is 16.8 Å². The second-order valence-electron chi connectivity index (χ2n) is 4.85. The van der Waals surface area contributed by atoms with Gasteiger partial charge in [0, 0.05) is 6.54 Å². The quantitative estimate of drug-likeness (QED) is 0.832. The molecule has 2 aromatic rings. The van der Waals surface area contributed by atoms with Gasteiger partial charge in [0.25, 0.3) is 0 Å². The zero-order valence-corrected chi connectivity index (χ0v) is 14.2. The predicted octanol–water partition coefficient (Wildman–Crippen LogP) is 3.31. The average molecular weight is 352 g/mol. The van der Waals surface area contributed by atoms with Crippen molar-refractivity contribution in [2.75, 3.05) is 6.54 Å². The summed E-state index contributed by atoms with van der Waals surface area (Å²) in [6, 6.07) is 8.11. The Hall–Kier alpha value is -1.33. The monoisotopic (exact) mass is 351 g/mol. The van der Waals surface area contributed by atoms with E-state index in [9.17, 15) is 0 Å². The summed E-state index contributed by atoms with van der Waals surface area (Å²) in [5.41, 5.74) is 8.95. The molecular weight excluding hydrogens is 330 g/mol. The molecule has 0 fully saturated rings. The third-order valence-corrected chi connectivity index (χ3v) is 4.34. The maximum Gasteiger partial charge on any atom is 0.131 e. The molecule has 1 aromatic carbocycles. The lowest BCUT2D eigenvalue weighted by molar-refractivity contribution is 0.291. The molecule has 2 N–H and O–H groups in total. The Labute approximate surface area is 134 Å². The average Bonchev–Trinajstić information content (AvgIpc) is 2.82. The van der Waals surface area contributed by atoms with Gasteiger partial charge in [-0.05, 0) is 59.9 Å². The van der Waals surface area contributed by atoms with Crippen molar-refractivity contribution >= 4 is 15.9 Å². The SMILES string of the molecule is CCc1nn(CC)c(COc2ccc(CCN)cc2)c1Br. The maximum atomic E-state index is 5.88. The number of hydrogen-bond donors (Lipinski definition) is 1. The lowest BCUT2D eigenvalue weighted by atomic mass is 10.1. The normalized spacial score (nSPS) is 10.9. The van der Waals surface area contributed by atoms with Crippen LogP contribution in [0.3, 0.4) is 0 Å². The third kappa shape index (κ3) is 3.86. The molecule has 0 unspecified atom stereocenters. The van der Waals surface area contributed by atoms with Gasteiger partial charge in [-0.15, -0.1) is 0 Å². The van der Waals surface area contributed by atoms with Crippen molar-refractivity contribution in [1.29, 1.82) is 0 Å². The summed E-state index contributed by atoms with van der Waals surface area (Å²) in [5.74, 6) is 0.865. The first-order valence-corrected chi connectivity index (χ1v) is 8.14. The molecule has 0 aliphatic rings. The summed E-state index contributed by atoms with van der Waals surface area (Å²) in [4.78, 5) is 0. The molecule has 2 rings (SSSR count). The molecule has 4 nitrogen and oxygen atoms in total. The van der Waals surface area contributed by atoms with Crippen LogP contribution in [0.2, 0.25) is 0 Å². The number of aromatic nitrogens is 2. The highest BCUT2D eigenvalue weighted by Gasteiger charge is 2.14. The van der Waals surface area contributed by atoms with Gasteiger partial charge in [-0.2, -0.15) is 5.10 Å². The van der Waals surface area contributed by atoms with E-state index in [2.05, 4.69) is 47.0 Å². The summed E-state index contributed by atoms with van der Waals surface area (Å²) in [6.07, 6.45) is 1.81. The number of nitrogens with zero attached hydrogens (tertiary/aromatic N) is 2. The second kappa shape index (κ2) is 7.61. The Morgan fingerprint density at radius 2 is 1.95 bits per heavy atom. The van der Waals surface area contributed by atoms with Gasteiger partial charge >= 0.3 is 0 Å². The Kier molecular flexibility index (Phi) is 5.82. The highest BCUT2D eigenvalue weighted by atomic mass is 79.9. The van der Waals surface area contributed by atoms with Crippen molar-refractivity contribution in [3.05, 3.63) is 45.7 Å². The minimum absolute atomic E-state index is 0.512. The zero-order chi connectivity index (χ0) is 15.2. The molecule has 114 valence electrons. The Morgan fingerprint density at radius 1 is 1.24 bits per heavy atom. The van der Waals surface area contributed by atoms with Gasteiger partial charge < -0.3 is 10.5 Å². The summed E-state index contributed by atoms with van der Waals surface area (Å²) in [6.45, 7) is 6.21. The summed E-state index contributed by atoms with van der Waals surface area (Å²) >= 11 is 3.63. The Balaban J connectivity index is 2.07. The van der Waals surface area contributed by atoms with Gasteiger partial charge in [-0.1, -0.05) is 19.1 Å². The van der Waals surface area contributed by atoms with Crippen LogP contribution >= 0.6 is 15.9 Å². The number of ether oxygens (including phenoxy) is 1. The Morgan fingerprint density at radius 3 is 2.52 bits per heavy atom. The fraction of sp³-hybridized carbons (Fsp3) is 0.438. The van der Waals surface area contributed by atoms with Crippen LogP contribution in [0.5, 0.6) is 5.75 Å². The number of rotatable bonds is 7. The zero-order valence-electron chi connectivity index (χ0n) is 12.6. The van der Waals surface area contributed by atoms with Crippen LogP contribution in [0.1, 0.15) is 30.8 Å². The summed E-state index contributed by atoms with van der Waals surface area (Å²) < 4.78 is 8.94. The Bertz CT molecular complexity index is 578. The predicted molar refractivity (Wildman–Crippen MR) is 88.5 cm³/mol. The van der Waals surface area contributed by atoms with Crippen molar-refractivity contribution in [2.45, 2.75) is 39.8 Å². The van der Waals surface area contributed by atoms with Crippen LogP contribution in [0.4, 0.5) is 0 Å². The van der Waals surface area contributed by atoms with Crippen LogP contribution in [-0.4, -0.2) is 16.3 Å². The smallest absolute Gasteiger partial charge is 0.131 e. The lowest BCUT2D eigenvalue weighted by Crippen LogP contribution is -2.07. The minimum Gasteiger partial charge on any atom is -0.487 e. The third-order valence-electron chi connectivity index (χ3n) is 3.43. The van der Waals surface area contributed by atoms with Crippen molar-refractivity contribution in [2.24, 2.45) is 5.73 Å². The maximum absolute atomic E-state index is 5.88. The molecule has 0 aliphatic carbocycles. The molecule has 0 spiro atoms. The van der Waals surface area contributed by atoms with E-state index in [0.717, 1.165) is 41.0 Å². The van der Waals surface area contributed by atoms with Crippen LogP contribution < -0.4 is 10.5 Å². The molecule has 0 saturated carbocycles. The fourth-order valence-corrected chi connectivity index (χ4v) is 2.90. The molecular formula is C16H22BrN3O. The molecule has 0 saturated heterocycles. The van der Waals surface area contributed by atoms with Crippen LogP contribution in [-0.2, 0) is 26.0 Å². The fourth-order valence-electron chi connectivity index (χ4n) is 2.23. The first kappa shape index (κ1) is 16.0. The van der Waals surface area contributed by atoms with Crippen molar-refractivity contribution in [1.82, 2.24) is 9.78 Å². The van der Waals surface area contributed by atoms with Gasteiger partial charge in [0.05, 0.1) is 15.9 Å². The van der Waals surface area contributed by atoms with E-state index in [0.29, 0.717) is 13.2 Å². The van der Waals surface area contributed by atoms with E-state index in [1.54, 1.807) is 0 Å². The van der Waals surface area contributed by atoms with E-state index < -0.39 is 0 Å². The van der Waals surface area contributed by atoms with Gasteiger partial charge in [0.1, 0.15) is 12.4 Å². The van der Waals surface area contributed by atoms with Gasteiger partial charge in [-0.25, -0.2) is 0 Å². The highest BCUT2D eigenvalue weighted by Crippen LogP contribution is 2.24. The van der Waals surface area contributed by atoms with Crippen LogP contribution in [0.15, 0.2) is 28.7 Å². The molecule has 0 aliphatic heterocycles. The molecule has 0 amide bonds. The van der Waals surface area contributed by atoms with E-state index in [4.69, 9.17) is 10.5 Å². The topological polar surface area (TPSA) is 53.1 Å². The molecule has 5 heteroatoms. The first-order chi connectivity index (χ1) is 10.2. The van der Waals surface area contributed by atoms with Crippen LogP contribution in [0.25, 0.3) is 0 Å². The number of halogens is 1. The first-order valence-electron chi connectivity index (χ1n) is 7.35. The standard InChI is InChI=1S/C16H22BrN3O/c1-3-14-16(17)15(20(4-2)19-14)11-21-13-7-5-12(6-8-13)9-10-18/h5-8H,3-4,9-11,18H2,1-2H3. The number of aryl methyl sites for hydroxylation is 2. The van der Waals surface area contributed by atoms with Crippen molar-refractivity contribution < 1.29 is 4.74 Å². The number of benzene rings is 1. The summed E-state index contributed by atoms with van der Waals surface area (Å²) in [5, 5.41) is 4.57. The molecule has 0 atom stereocenters. The number of nitrogens with two attached hydrogens (primary N) is 1.